The molecule has 0 saturated carbocycles. The first-order chi connectivity index (χ1) is 8.15. The summed E-state index contributed by atoms with van der Waals surface area (Å²) < 4.78 is 0. The Bertz CT molecular complexity index is 345. The number of nitrogens with one attached hydrogen (secondary N) is 1. The van der Waals surface area contributed by atoms with E-state index in [9.17, 15) is 0 Å². The molecule has 17 heavy (non-hydrogen) atoms. The Morgan fingerprint density at radius 3 is 2.53 bits per heavy atom. The third-order valence-corrected chi connectivity index (χ3v) is 3.38. The van der Waals surface area contributed by atoms with E-state index in [1.54, 1.807) is 0 Å². The third kappa shape index (κ3) is 3.37. The number of likely N-dealkylation sites (tertiary alicyclic amines) is 1. The van der Waals surface area contributed by atoms with Gasteiger partial charge in [-0.15, -0.1) is 0 Å². The van der Waals surface area contributed by atoms with Gasteiger partial charge in [0.2, 0.25) is 0 Å². The maximum absolute atomic E-state index is 3.62. The van der Waals surface area contributed by atoms with Crippen molar-refractivity contribution in [2.24, 2.45) is 0 Å². The van der Waals surface area contributed by atoms with Crippen molar-refractivity contribution in [1.29, 1.82) is 0 Å². The minimum absolute atomic E-state index is 0.596. The van der Waals surface area contributed by atoms with Crippen molar-refractivity contribution >= 4 is 11.4 Å². The average molecular weight is 233 g/mol. The molecule has 0 bridgehead atoms. The van der Waals surface area contributed by atoms with Gasteiger partial charge in [0.05, 0.1) is 0 Å². The fraction of sp³-hybridized carbons (Fsp3) is 0.571. The van der Waals surface area contributed by atoms with Crippen molar-refractivity contribution < 1.29 is 0 Å². The molecular formula is C14H23N3. The molecule has 1 aliphatic heterocycles. The molecule has 1 saturated heterocycles. The van der Waals surface area contributed by atoms with Gasteiger partial charge in [-0.2, -0.15) is 0 Å². The molecule has 1 fully saturated rings. The molecule has 0 aliphatic carbocycles. The highest BCUT2D eigenvalue weighted by atomic mass is 15.1. The van der Waals surface area contributed by atoms with Crippen LogP contribution in [0.3, 0.4) is 0 Å². The Morgan fingerprint density at radius 2 is 1.94 bits per heavy atom. The van der Waals surface area contributed by atoms with Gasteiger partial charge >= 0.3 is 0 Å². The first-order valence-electron chi connectivity index (χ1n) is 6.37. The zero-order valence-electron chi connectivity index (χ0n) is 11.1. The molecule has 1 aliphatic rings. The lowest BCUT2D eigenvalue weighted by Crippen LogP contribution is -2.39. The summed E-state index contributed by atoms with van der Waals surface area (Å²) in [5.74, 6) is 0. The van der Waals surface area contributed by atoms with Crippen LogP contribution >= 0.6 is 0 Å². The van der Waals surface area contributed by atoms with Gasteiger partial charge in [0, 0.05) is 38.1 Å². The van der Waals surface area contributed by atoms with Crippen LogP contribution < -0.4 is 10.2 Å². The van der Waals surface area contributed by atoms with Gasteiger partial charge in [0.1, 0.15) is 0 Å². The Labute approximate surface area is 104 Å². The number of benzene rings is 1. The van der Waals surface area contributed by atoms with Crippen LogP contribution in [0.4, 0.5) is 11.4 Å². The highest BCUT2D eigenvalue weighted by molar-refractivity contribution is 5.54. The summed E-state index contributed by atoms with van der Waals surface area (Å²) in [6.07, 6.45) is 2.57. The Kier molecular flexibility index (Phi) is 3.89. The molecule has 1 heterocycles. The minimum Gasteiger partial charge on any atom is -0.381 e. The summed E-state index contributed by atoms with van der Waals surface area (Å²) in [4.78, 5) is 4.52. The highest BCUT2D eigenvalue weighted by Gasteiger charge is 2.16. The molecule has 1 aromatic rings. The van der Waals surface area contributed by atoms with Gasteiger partial charge in [-0.1, -0.05) is 0 Å². The smallest absolute Gasteiger partial charge is 0.0388 e. The largest absolute Gasteiger partial charge is 0.381 e. The van der Waals surface area contributed by atoms with Crippen LogP contribution in [0, 0.1) is 0 Å². The van der Waals surface area contributed by atoms with E-state index in [0.29, 0.717) is 6.04 Å². The number of anilines is 2. The van der Waals surface area contributed by atoms with E-state index >= 15 is 0 Å². The van der Waals surface area contributed by atoms with Gasteiger partial charge in [-0.25, -0.2) is 0 Å². The second-order valence-corrected chi connectivity index (χ2v) is 5.19. The Balaban J connectivity index is 1.94. The highest BCUT2D eigenvalue weighted by Crippen LogP contribution is 2.18. The van der Waals surface area contributed by atoms with Crippen molar-refractivity contribution in [2.45, 2.75) is 18.9 Å². The molecule has 94 valence electrons. The Hall–Kier alpha value is -1.22. The molecule has 2 rings (SSSR count). The topological polar surface area (TPSA) is 18.5 Å². The van der Waals surface area contributed by atoms with Gasteiger partial charge in [-0.3, -0.25) is 0 Å². The third-order valence-electron chi connectivity index (χ3n) is 3.38. The molecule has 0 radical (unpaired) electrons. The number of nitrogens with zero attached hydrogens (tertiary/aromatic N) is 2. The molecular weight excluding hydrogens is 210 g/mol. The lowest BCUT2D eigenvalue weighted by molar-refractivity contribution is 0.261. The zero-order valence-corrected chi connectivity index (χ0v) is 11.1. The predicted molar refractivity (Wildman–Crippen MR) is 74.9 cm³/mol. The minimum atomic E-state index is 0.596. The van der Waals surface area contributed by atoms with E-state index in [2.05, 4.69) is 60.5 Å². The van der Waals surface area contributed by atoms with Crippen LogP contribution in [0.15, 0.2) is 24.3 Å². The SMILES string of the molecule is CN1CCCC(Nc2ccc(N(C)C)cc2)C1. The molecule has 0 spiro atoms. The van der Waals surface area contributed by atoms with Crippen LogP contribution in [0.25, 0.3) is 0 Å². The van der Waals surface area contributed by atoms with E-state index in [1.807, 2.05) is 0 Å². The van der Waals surface area contributed by atoms with Crippen molar-refractivity contribution in [3.05, 3.63) is 24.3 Å². The van der Waals surface area contributed by atoms with Crippen LogP contribution in [0.5, 0.6) is 0 Å². The van der Waals surface area contributed by atoms with E-state index in [1.165, 1.54) is 30.8 Å². The van der Waals surface area contributed by atoms with Crippen molar-refractivity contribution in [2.75, 3.05) is 44.4 Å². The first kappa shape index (κ1) is 12.2. The lowest BCUT2D eigenvalue weighted by atomic mass is 10.1. The van der Waals surface area contributed by atoms with Crippen molar-refractivity contribution in [3.63, 3.8) is 0 Å². The first-order valence-corrected chi connectivity index (χ1v) is 6.37. The molecule has 3 nitrogen and oxygen atoms in total. The maximum atomic E-state index is 3.62. The summed E-state index contributed by atoms with van der Waals surface area (Å²) in [6.45, 7) is 2.38. The number of likely N-dealkylation sites (N-methyl/N-ethyl adjacent to an activating group) is 1. The number of hydrogen-bond donors (Lipinski definition) is 1. The monoisotopic (exact) mass is 233 g/mol. The predicted octanol–water partition coefficient (Wildman–Crippen LogP) is 2.26. The summed E-state index contributed by atoms with van der Waals surface area (Å²) in [5.41, 5.74) is 2.48. The van der Waals surface area contributed by atoms with Gasteiger partial charge < -0.3 is 15.1 Å². The second kappa shape index (κ2) is 5.41. The Morgan fingerprint density at radius 1 is 1.24 bits per heavy atom. The van der Waals surface area contributed by atoms with Gasteiger partial charge in [0.15, 0.2) is 0 Å². The molecule has 1 unspecified atom stereocenters. The average Bonchev–Trinajstić information content (AvgIpc) is 2.29. The molecule has 0 aromatic heterocycles. The van der Waals surface area contributed by atoms with Gasteiger partial charge in [-0.05, 0) is 50.7 Å². The van der Waals surface area contributed by atoms with E-state index < -0.39 is 0 Å². The maximum Gasteiger partial charge on any atom is 0.0388 e. The number of hydrogen-bond acceptors (Lipinski definition) is 3. The number of piperidine rings is 1. The summed E-state index contributed by atoms with van der Waals surface area (Å²) in [7, 11) is 6.33. The van der Waals surface area contributed by atoms with Crippen molar-refractivity contribution in [1.82, 2.24) is 4.90 Å². The van der Waals surface area contributed by atoms with E-state index in [4.69, 9.17) is 0 Å². The molecule has 1 aromatic carbocycles. The molecule has 1 N–H and O–H groups in total. The van der Waals surface area contributed by atoms with Crippen LogP contribution in [0.1, 0.15) is 12.8 Å². The fourth-order valence-electron chi connectivity index (χ4n) is 2.38. The van der Waals surface area contributed by atoms with Crippen LogP contribution in [0.2, 0.25) is 0 Å². The number of rotatable bonds is 3. The van der Waals surface area contributed by atoms with Crippen molar-refractivity contribution in [3.8, 4) is 0 Å². The van der Waals surface area contributed by atoms with Crippen LogP contribution in [-0.4, -0.2) is 45.2 Å². The normalized spacial score (nSPS) is 21.2. The second-order valence-electron chi connectivity index (χ2n) is 5.19. The molecule has 3 heteroatoms. The van der Waals surface area contributed by atoms with Gasteiger partial charge in [0.25, 0.3) is 0 Å². The zero-order chi connectivity index (χ0) is 12.3. The van der Waals surface area contributed by atoms with Crippen LogP contribution in [-0.2, 0) is 0 Å². The van der Waals surface area contributed by atoms with E-state index in [0.717, 1.165) is 6.54 Å². The summed E-state index contributed by atoms with van der Waals surface area (Å²) in [5, 5.41) is 3.62. The standard InChI is InChI=1S/C14H23N3/c1-16(2)14-8-6-12(7-9-14)15-13-5-4-10-17(3)11-13/h6-9,13,15H,4-5,10-11H2,1-3H3. The molecule has 1 atom stereocenters. The molecule has 0 amide bonds. The summed E-state index contributed by atoms with van der Waals surface area (Å²) in [6, 6.07) is 9.26. The quantitative estimate of drug-likeness (QED) is 0.864. The fourth-order valence-corrected chi connectivity index (χ4v) is 2.38. The summed E-state index contributed by atoms with van der Waals surface area (Å²) >= 11 is 0. The lowest BCUT2D eigenvalue weighted by Gasteiger charge is -2.31. The van der Waals surface area contributed by atoms with E-state index in [-0.39, 0.29) is 0 Å².